The number of nitrogen functional groups attached to an aromatic ring is 1. The zero-order valence-electron chi connectivity index (χ0n) is 12.4. The number of likely N-dealkylation sites (tertiary alicyclic amines) is 1. The molecule has 2 unspecified atom stereocenters. The molecule has 0 aromatic carbocycles. The van der Waals surface area contributed by atoms with Gasteiger partial charge in [-0.25, -0.2) is 9.97 Å². The predicted octanol–water partition coefficient (Wildman–Crippen LogP) is 1.42. The van der Waals surface area contributed by atoms with Gasteiger partial charge in [0.25, 0.3) is 0 Å². The third-order valence-electron chi connectivity index (χ3n) is 3.98. The molecular formula is C14H22N6. The monoisotopic (exact) mass is 274 g/mol. The molecule has 0 spiro atoms. The van der Waals surface area contributed by atoms with Crippen molar-refractivity contribution in [1.82, 2.24) is 24.6 Å². The minimum Gasteiger partial charge on any atom is -0.383 e. The Hall–Kier alpha value is -1.69. The molecule has 1 saturated heterocycles. The standard InChI is InChI=1S/C14H22N6/c1-9-4-10(2)7-20(6-9)8-12-17-13(15)11-5-16-19(3)14(11)18-12/h5,9-10H,4,6-8H2,1-3H3,(H2,15,17,18). The summed E-state index contributed by atoms with van der Waals surface area (Å²) in [4.78, 5) is 11.5. The quantitative estimate of drug-likeness (QED) is 0.896. The Labute approximate surface area is 119 Å². The first kappa shape index (κ1) is 13.3. The van der Waals surface area contributed by atoms with Crippen LogP contribution in [0.4, 0.5) is 5.82 Å². The van der Waals surface area contributed by atoms with E-state index in [2.05, 4.69) is 33.8 Å². The Kier molecular flexibility index (Phi) is 3.33. The number of anilines is 1. The van der Waals surface area contributed by atoms with Crippen molar-refractivity contribution in [2.24, 2.45) is 18.9 Å². The van der Waals surface area contributed by atoms with E-state index in [1.165, 1.54) is 6.42 Å². The Bertz CT molecular complexity index is 609. The van der Waals surface area contributed by atoms with E-state index in [0.29, 0.717) is 5.82 Å². The first-order chi connectivity index (χ1) is 9.52. The number of nitrogens with zero attached hydrogens (tertiary/aromatic N) is 5. The van der Waals surface area contributed by atoms with Crippen molar-refractivity contribution in [3.63, 3.8) is 0 Å². The fourth-order valence-electron chi connectivity index (χ4n) is 3.28. The third-order valence-corrected chi connectivity index (χ3v) is 3.98. The second-order valence-electron chi connectivity index (χ2n) is 6.17. The molecular weight excluding hydrogens is 252 g/mol. The highest BCUT2D eigenvalue weighted by atomic mass is 15.3. The van der Waals surface area contributed by atoms with Gasteiger partial charge in [0.15, 0.2) is 5.65 Å². The van der Waals surface area contributed by atoms with Gasteiger partial charge in [-0.05, 0) is 18.3 Å². The van der Waals surface area contributed by atoms with E-state index in [1.807, 2.05) is 7.05 Å². The van der Waals surface area contributed by atoms with Crippen molar-refractivity contribution in [3.8, 4) is 0 Å². The summed E-state index contributed by atoms with van der Waals surface area (Å²) >= 11 is 0. The van der Waals surface area contributed by atoms with Crippen molar-refractivity contribution >= 4 is 16.9 Å². The Balaban J connectivity index is 1.85. The lowest BCUT2D eigenvalue weighted by molar-refractivity contribution is 0.131. The molecule has 2 atom stereocenters. The molecule has 2 aromatic rings. The molecule has 0 saturated carbocycles. The molecule has 2 aromatic heterocycles. The van der Waals surface area contributed by atoms with Crippen LogP contribution < -0.4 is 5.73 Å². The number of hydrogen-bond acceptors (Lipinski definition) is 5. The van der Waals surface area contributed by atoms with Crippen LogP contribution in [0.1, 0.15) is 26.1 Å². The van der Waals surface area contributed by atoms with Crippen molar-refractivity contribution in [2.75, 3.05) is 18.8 Å². The number of fused-ring (bicyclic) bond motifs is 1. The molecule has 2 N–H and O–H groups in total. The van der Waals surface area contributed by atoms with Crippen molar-refractivity contribution in [2.45, 2.75) is 26.8 Å². The van der Waals surface area contributed by atoms with Crippen LogP contribution >= 0.6 is 0 Å². The van der Waals surface area contributed by atoms with Gasteiger partial charge in [0.1, 0.15) is 11.6 Å². The molecule has 0 amide bonds. The fraction of sp³-hybridized carbons (Fsp3) is 0.643. The van der Waals surface area contributed by atoms with E-state index in [0.717, 1.165) is 48.3 Å². The number of rotatable bonds is 2. The van der Waals surface area contributed by atoms with E-state index >= 15 is 0 Å². The highest BCUT2D eigenvalue weighted by molar-refractivity contribution is 5.84. The van der Waals surface area contributed by atoms with E-state index in [-0.39, 0.29) is 0 Å². The third kappa shape index (κ3) is 2.47. The fourth-order valence-corrected chi connectivity index (χ4v) is 3.28. The number of piperidine rings is 1. The van der Waals surface area contributed by atoms with Crippen LogP contribution in [-0.4, -0.2) is 37.7 Å². The van der Waals surface area contributed by atoms with Gasteiger partial charge < -0.3 is 5.73 Å². The summed E-state index contributed by atoms with van der Waals surface area (Å²) < 4.78 is 1.75. The van der Waals surface area contributed by atoms with Crippen LogP contribution in [-0.2, 0) is 13.6 Å². The van der Waals surface area contributed by atoms with Gasteiger partial charge in [0, 0.05) is 20.1 Å². The minimum atomic E-state index is 0.524. The summed E-state index contributed by atoms with van der Waals surface area (Å²) in [6.45, 7) is 7.60. The zero-order valence-corrected chi connectivity index (χ0v) is 12.4. The zero-order chi connectivity index (χ0) is 14.3. The highest BCUT2D eigenvalue weighted by Crippen LogP contribution is 2.23. The van der Waals surface area contributed by atoms with Crippen LogP contribution in [0, 0.1) is 11.8 Å². The van der Waals surface area contributed by atoms with Crippen molar-refractivity contribution < 1.29 is 0 Å². The second-order valence-corrected chi connectivity index (χ2v) is 6.17. The Morgan fingerprint density at radius 3 is 2.65 bits per heavy atom. The van der Waals surface area contributed by atoms with Crippen LogP contribution in [0.15, 0.2) is 6.20 Å². The summed E-state index contributed by atoms with van der Waals surface area (Å²) in [6, 6.07) is 0. The predicted molar refractivity (Wildman–Crippen MR) is 78.9 cm³/mol. The number of aromatic nitrogens is 4. The van der Waals surface area contributed by atoms with Crippen molar-refractivity contribution in [3.05, 3.63) is 12.0 Å². The average Bonchev–Trinajstić information content (AvgIpc) is 2.70. The molecule has 0 radical (unpaired) electrons. The maximum absolute atomic E-state index is 6.01. The molecule has 1 aliphatic heterocycles. The van der Waals surface area contributed by atoms with Gasteiger partial charge in [0.05, 0.1) is 18.1 Å². The molecule has 20 heavy (non-hydrogen) atoms. The van der Waals surface area contributed by atoms with Crippen LogP contribution in [0.25, 0.3) is 11.0 Å². The molecule has 0 aliphatic carbocycles. The number of hydrogen-bond donors (Lipinski definition) is 1. The number of nitrogens with two attached hydrogens (primary N) is 1. The van der Waals surface area contributed by atoms with Gasteiger partial charge in [-0.3, -0.25) is 9.58 Å². The first-order valence-corrected chi connectivity index (χ1v) is 7.19. The topological polar surface area (TPSA) is 72.9 Å². The Morgan fingerprint density at radius 1 is 1.25 bits per heavy atom. The smallest absolute Gasteiger partial charge is 0.163 e. The summed E-state index contributed by atoms with van der Waals surface area (Å²) in [6.07, 6.45) is 3.03. The molecule has 3 heterocycles. The summed E-state index contributed by atoms with van der Waals surface area (Å²) in [5.41, 5.74) is 6.82. The molecule has 0 bridgehead atoms. The van der Waals surface area contributed by atoms with E-state index in [1.54, 1.807) is 10.9 Å². The van der Waals surface area contributed by atoms with Crippen molar-refractivity contribution in [1.29, 1.82) is 0 Å². The molecule has 6 nitrogen and oxygen atoms in total. The largest absolute Gasteiger partial charge is 0.383 e. The lowest BCUT2D eigenvalue weighted by Gasteiger charge is -2.34. The van der Waals surface area contributed by atoms with Crippen LogP contribution in [0.3, 0.4) is 0 Å². The van der Waals surface area contributed by atoms with E-state index in [9.17, 15) is 0 Å². The number of aryl methyl sites for hydroxylation is 1. The van der Waals surface area contributed by atoms with Gasteiger partial charge in [0.2, 0.25) is 0 Å². The molecule has 1 aliphatic rings. The second kappa shape index (κ2) is 5.01. The first-order valence-electron chi connectivity index (χ1n) is 7.19. The van der Waals surface area contributed by atoms with Gasteiger partial charge in [-0.2, -0.15) is 5.10 Å². The average molecular weight is 274 g/mol. The Morgan fingerprint density at radius 2 is 1.95 bits per heavy atom. The molecule has 1 fully saturated rings. The van der Waals surface area contributed by atoms with E-state index < -0.39 is 0 Å². The maximum Gasteiger partial charge on any atom is 0.163 e. The lowest BCUT2D eigenvalue weighted by Crippen LogP contribution is -2.38. The van der Waals surface area contributed by atoms with Gasteiger partial charge in [-0.15, -0.1) is 0 Å². The highest BCUT2D eigenvalue weighted by Gasteiger charge is 2.22. The summed E-state index contributed by atoms with van der Waals surface area (Å²) in [7, 11) is 1.88. The van der Waals surface area contributed by atoms with Crippen LogP contribution in [0.5, 0.6) is 0 Å². The van der Waals surface area contributed by atoms with Crippen LogP contribution in [0.2, 0.25) is 0 Å². The lowest BCUT2D eigenvalue weighted by atomic mass is 9.92. The SMILES string of the molecule is CC1CC(C)CN(Cc2nc(N)c3cnn(C)c3n2)C1. The van der Waals surface area contributed by atoms with Gasteiger partial charge >= 0.3 is 0 Å². The minimum absolute atomic E-state index is 0.524. The maximum atomic E-state index is 6.01. The van der Waals surface area contributed by atoms with Gasteiger partial charge in [-0.1, -0.05) is 13.8 Å². The molecule has 108 valence electrons. The normalized spacial score (nSPS) is 24.4. The molecule has 3 rings (SSSR count). The summed E-state index contributed by atoms with van der Waals surface area (Å²) in [5, 5.41) is 5.02. The molecule has 6 heteroatoms. The summed E-state index contributed by atoms with van der Waals surface area (Å²) in [5.74, 6) is 2.78. The van der Waals surface area contributed by atoms with E-state index in [4.69, 9.17) is 5.73 Å².